The molecule has 0 bridgehead atoms. The van der Waals surface area contributed by atoms with Gasteiger partial charge in [-0.15, -0.1) is 11.3 Å². The number of aryl methyl sites for hydroxylation is 1. The number of carbonyl (C=O) groups excluding carboxylic acids is 1. The number of hydrogen-bond donors (Lipinski definition) is 1. The van der Waals surface area contributed by atoms with E-state index >= 15 is 0 Å². The van der Waals surface area contributed by atoms with Gasteiger partial charge in [0.1, 0.15) is 0 Å². The SMILES string of the molecule is CCc1ccc(C(=O)NCC2CCCO2)s1. The Bertz CT molecular complexity index is 356. The van der Waals surface area contributed by atoms with Crippen molar-refractivity contribution in [2.75, 3.05) is 13.2 Å². The van der Waals surface area contributed by atoms with Crippen LogP contribution in [0.4, 0.5) is 0 Å². The van der Waals surface area contributed by atoms with E-state index in [0.717, 1.165) is 30.7 Å². The van der Waals surface area contributed by atoms with Gasteiger partial charge >= 0.3 is 0 Å². The molecule has 16 heavy (non-hydrogen) atoms. The third kappa shape index (κ3) is 2.83. The number of thiophene rings is 1. The highest BCUT2D eigenvalue weighted by Gasteiger charge is 2.17. The molecular weight excluding hydrogens is 222 g/mol. The summed E-state index contributed by atoms with van der Waals surface area (Å²) in [6.07, 6.45) is 3.38. The Morgan fingerprint density at radius 3 is 3.12 bits per heavy atom. The Morgan fingerprint density at radius 1 is 1.62 bits per heavy atom. The monoisotopic (exact) mass is 239 g/mol. The lowest BCUT2D eigenvalue weighted by atomic mass is 10.2. The first-order valence-corrected chi connectivity index (χ1v) is 6.59. The summed E-state index contributed by atoms with van der Waals surface area (Å²) in [5, 5.41) is 2.92. The highest BCUT2D eigenvalue weighted by molar-refractivity contribution is 7.14. The standard InChI is InChI=1S/C12H17NO2S/c1-2-10-5-6-11(16-10)12(14)13-8-9-4-3-7-15-9/h5-6,9H,2-4,7-8H2,1H3,(H,13,14). The lowest BCUT2D eigenvalue weighted by Crippen LogP contribution is -2.31. The van der Waals surface area contributed by atoms with E-state index in [-0.39, 0.29) is 12.0 Å². The summed E-state index contributed by atoms with van der Waals surface area (Å²) in [7, 11) is 0. The van der Waals surface area contributed by atoms with Crippen LogP contribution in [0.25, 0.3) is 0 Å². The van der Waals surface area contributed by atoms with Crippen molar-refractivity contribution in [3.63, 3.8) is 0 Å². The zero-order chi connectivity index (χ0) is 11.4. The second kappa shape index (κ2) is 5.46. The van der Waals surface area contributed by atoms with Gasteiger partial charge in [-0.3, -0.25) is 4.79 Å². The molecule has 0 radical (unpaired) electrons. The molecule has 0 aromatic carbocycles. The van der Waals surface area contributed by atoms with Gasteiger partial charge in [-0.1, -0.05) is 6.92 Å². The molecule has 2 rings (SSSR count). The molecule has 1 aromatic rings. The van der Waals surface area contributed by atoms with Crippen LogP contribution in [-0.4, -0.2) is 25.2 Å². The highest BCUT2D eigenvalue weighted by atomic mass is 32.1. The predicted molar refractivity (Wildman–Crippen MR) is 65.0 cm³/mol. The maximum atomic E-state index is 11.8. The average Bonchev–Trinajstić information content (AvgIpc) is 2.96. The normalized spacial score (nSPS) is 19.9. The van der Waals surface area contributed by atoms with E-state index < -0.39 is 0 Å². The molecule has 4 heteroatoms. The Labute approximate surface area is 99.8 Å². The largest absolute Gasteiger partial charge is 0.376 e. The van der Waals surface area contributed by atoms with E-state index in [0.29, 0.717) is 6.54 Å². The molecule has 1 atom stereocenters. The summed E-state index contributed by atoms with van der Waals surface area (Å²) < 4.78 is 5.45. The van der Waals surface area contributed by atoms with Crippen LogP contribution < -0.4 is 5.32 Å². The van der Waals surface area contributed by atoms with Crippen LogP contribution in [0.15, 0.2) is 12.1 Å². The quantitative estimate of drug-likeness (QED) is 0.875. The van der Waals surface area contributed by atoms with Gasteiger partial charge in [-0.2, -0.15) is 0 Å². The summed E-state index contributed by atoms with van der Waals surface area (Å²) in [5.74, 6) is 0.0280. The molecule has 0 spiro atoms. The molecule has 88 valence electrons. The molecule has 1 aliphatic rings. The second-order valence-electron chi connectivity index (χ2n) is 3.96. The maximum Gasteiger partial charge on any atom is 0.261 e. The van der Waals surface area contributed by atoms with Gasteiger partial charge in [-0.25, -0.2) is 0 Å². The molecular formula is C12H17NO2S. The van der Waals surface area contributed by atoms with Crippen molar-refractivity contribution >= 4 is 17.2 Å². The number of ether oxygens (including phenoxy) is 1. The van der Waals surface area contributed by atoms with Crippen molar-refractivity contribution in [1.82, 2.24) is 5.32 Å². The average molecular weight is 239 g/mol. The summed E-state index contributed by atoms with van der Waals surface area (Å²) in [4.78, 5) is 13.8. The van der Waals surface area contributed by atoms with E-state index in [1.165, 1.54) is 4.88 Å². The fourth-order valence-electron chi connectivity index (χ4n) is 1.79. The van der Waals surface area contributed by atoms with Gasteiger partial charge in [0.15, 0.2) is 0 Å². The van der Waals surface area contributed by atoms with E-state index in [1.54, 1.807) is 11.3 Å². The molecule has 3 nitrogen and oxygen atoms in total. The van der Waals surface area contributed by atoms with Crippen molar-refractivity contribution in [2.24, 2.45) is 0 Å². The second-order valence-corrected chi connectivity index (χ2v) is 5.13. The molecule has 2 heterocycles. The number of hydrogen-bond acceptors (Lipinski definition) is 3. The first-order chi connectivity index (χ1) is 7.79. The zero-order valence-electron chi connectivity index (χ0n) is 9.49. The van der Waals surface area contributed by atoms with Crippen LogP contribution in [0, 0.1) is 0 Å². The van der Waals surface area contributed by atoms with Gasteiger partial charge in [0.05, 0.1) is 11.0 Å². The molecule has 1 aliphatic heterocycles. The number of carbonyl (C=O) groups is 1. The molecule has 1 saturated heterocycles. The summed E-state index contributed by atoms with van der Waals surface area (Å²) in [5.41, 5.74) is 0. The van der Waals surface area contributed by atoms with Crippen LogP contribution in [0.5, 0.6) is 0 Å². The van der Waals surface area contributed by atoms with Crippen LogP contribution >= 0.6 is 11.3 Å². The van der Waals surface area contributed by atoms with E-state index in [1.807, 2.05) is 12.1 Å². The summed E-state index contributed by atoms with van der Waals surface area (Å²) in [6, 6.07) is 3.92. The van der Waals surface area contributed by atoms with E-state index in [9.17, 15) is 4.79 Å². The molecule has 1 N–H and O–H groups in total. The van der Waals surface area contributed by atoms with Gasteiger partial charge in [0, 0.05) is 18.0 Å². The topological polar surface area (TPSA) is 38.3 Å². The Morgan fingerprint density at radius 2 is 2.50 bits per heavy atom. The minimum Gasteiger partial charge on any atom is -0.376 e. The third-order valence-electron chi connectivity index (χ3n) is 2.75. The van der Waals surface area contributed by atoms with Crippen molar-refractivity contribution in [3.8, 4) is 0 Å². The minimum absolute atomic E-state index is 0.0280. The third-order valence-corrected chi connectivity index (χ3v) is 3.98. The Balaban J connectivity index is 1.82. The minimum atomic E-state index is 0.0280. The maximum absolute atomic E-state index is 11.8. The molecule has 1 fully saturated rings. The lowest BCUT2D eigenvalue weighted by Gasteiger charge is -2.09. The van der Waals surface area contributed by atoms with Gasteiger partial charge in [-0.05, 0) is 31.4 Å². The number of amides is 1. The van der Waals surface area contributed by atoms with Gasteiger partial charge in [0.2, 0.25) is 0 Å². The zero-order valence-corrected chi connectivity index (χ0v) is 10.3. The molecule has 1 aromatic heterocycles. The number of nitrogens with one attached hydrogen (secondary N) is 1. The van der Waals surface area contributed by atoms with Crippen LogP contribution in [0.3, 0.4) is 0 Å². The molecule has 1 unspecified atom stereocenters. The lowest BCUT2D eigenvalue weighted by molar-refractivity contribution is 0.0861. The molecule has 0 aliphatic carbocycles. The fourth-order valence-corrected chi connectivity index (χ4v) is 2.65. The molecule has 1 amide bonds. The Kier molecular flexibility index (Phi) is 3.96. The van der Waals surface area contributed by atoms with E-state index in [4.69, 9.17) is 4.74 Å². The molecule has 0 saturated carbocycles. The van der Waals surface area contributed by atoms with Crippen LogP contribution in [0.1, 0.15) is 34.3 Å². The van der Waals surface area contributed by atoms with Crippen molar-refractivity contribution in [3.05, 3.63) is 21.9 Å². The first-order valence-electron chi connectivity index (χ1n) is 5.78. The van der Waals surface area contributed by atoms with Crippen molar-refractivity contribution < 1.29 is 9.53 Å². The smallest absolute Gasteiger partial charge is 0.261 e. The fraction of sp³-hybridized carbons (Fsp3) is 0.583. The van der Waals surface area contributed by atoms with Crippen molar-refractivity contribution in [1.29, 1.82) is 0 Å². The van der Waals surface area contributed by atoms with Gasteiger partial charge < -0.3 is 10.1 Å². The summed E-state index contributed by atoms with van der Waals surface area (Å²) >= 11 is 1.57. The van der Waals surface area contributed by atoms with Crippen LogP contribution in [-0.2, 0) is 11.2 Å². The summed E-state index contributed by atoms with van der Waals surface area (Å²) in [6.45, 7) is 3.57. The van der Waals surface area contributed by atoms with Crippen molar-refractivity contribution in [2.45, 2.75) is 32.3 Å². The number of rotatable bonds is 4. The van der Waals surface area contributed by atoms with E-state index in [2.05, 4.69) is 12.2 Å². The van der Waals surface area contributed by atoms with Crippen LogP contribution in [0.2, 0.25) is 0 Å². The predicted octanol–water partition coefficient (Wildman–Crippen LogP) is 2.22. The first kappa shape index (κ1) is 11.6. The Hall–Kier alpha value is -0.870. The highest BCUT2D eigenvalue weighted by Crippen LogP contribution is 2.17. The van der Waals surface area contributed by atoms with Gasteiger partial charge in [0.25, 0.3) is 5.91 Å².